The van der Waals surface area contributed by atoms with Crippen LogP contribution in [0.5, 0.6) is 0 Å². The van der Waals surface area contributed by atoms with Gasteiger partial charge >= 0.3 is 12.2 Å². The van der Waals surface area contributed by atoms with Crippen molar-refractivity contribution in [2.45, 2.75) is 70.4 Å². The van der Waals surface area contributed by atoms with Crippen LogP contribution in [0.15, 0.2) is 65.8 Å². The Morgan fingerprint density at radius 1 is 1.07 bits per heavy atom. The second kappa shape index (κ2) is 12.9. The average molecular weight is 638 g/mol. The number of hydrogen-bond donors (Lipinski definition) is 4. The number of hydrogen-bond acceptors (Lipinski definition) is 7. The maximum atomic E-state index is 13.8. The lowest BCUT2D eigenvalue weighted by Gasteiger charge is -2.25. The molecule has 1 atom stereocenters. The molecule has 1 fully saturated rings. The minimum absolute atomic E-state index is 0.134. The van der Waals surface area contributed by atoms with Gasteiger partial charge in [0.05, 0.1) is 22.3 Å². The van der Waals surface area contributed by atoms with Crippen LogP contribution in [-0.4, -0.2) is 22.7 Å². The molecule has 3 aromatic carbocycles. The van der Waals surface area contributed by atoms with Crippen molar-refractivity contribution in [1.82, 2.24) is 10.3 Å². The smallest absolute Gasteiger partial charge is 0.314 e. The number of aromatic nitrogens is 1. The number of alkyl halides is 3. The number of aryl methyl sites for hydroxylation is 1. The van der Waals surface area contributed by atoms with Crippen LogP contribution in [-0.2, 0) is 12.7 Å². The number of amides is 3. The van der Waals surface area contributed by atoms with Crippen LogP contribution < -0.4 is 21.3 Å². The fraction of sp³-hybridized carbons (Fsp3) is 0.344. The highest BCUT2D eigenvalue weighted by Crippen LogP contribution is 2.37. The summed E-state index contributed by atoms with van der Waals surface area (Å²) in [4.78, 5) is 32.1. The van der Waals surface area contributed by atoms with E-state index in [0.717, 1.165) is 36.3 Å². The van der Waals surface area contributed by atoms with Crippen LogP contribution in [0.4, 0.5) is 28.8 Å². The second-order valence-electron chi connectivity index (χ2n) is 11.5. The van der Waals surface area contributed by atoms with E-state index < -0.39 is 29.5 Å². The Hall–Kier alpha value is -4.36. The molecular formula is C32H34F3N7O2S. The molecule has 3 amide bonds. The number of nitrogens with two attached hydrogens (primary N) is 1. The van der Waals surface area contributed by atoms with E-state index in [4.69, 9.17) is 11.3 Å². The molecule has 1 unspecified atom stereocenters. The third-order valence-electron chi connectivity index (χ3n) is 7.90. The Morgan fingerprint density at radius 3 is 2.36 bits per heavy atom. The summed E-state index contributed by atoms with van der Waals surface area (Å²) in [5.74, 6) is -1.56. The Labute approximate surface area is 262 Å². The maximum Gasteiger partial charge on any atom is 0.416 e. The lowest BCUT2D eigenvalue weighted by atomic mass is 9.84. The molecule has 1 heterocycles. The SMILES string of the molecule is Cc1cc(C(F)(F)F)cc2nc(NC(=O)N(Cc3ccc(C(=O)NC(C)(N)N=N)cc3)c3ccc(C4CCCCC4)cc3)sc12. The first-order chi connectivity index (χ1) is 21.3. The highest BCUT2D eigenvalue weighted by Gasteiger charge is 2.32. The van der Waals surface area contributed by atoms with Crippen LogP contribution in [0, 0.1) is 12.5 Å². The molecule has 0 radical (unpaired) electrons. The number of anilines is 2. The lowest BCUT2D eigenvalue weighted by molar-refractivity contribution is -0.137. The molecule has 1 aliphatic carbocycles. The van der Waals surface area contributed by atoms with Crippen molar-refractivity contribution in [3.05, 3.63) is 88.5 Å². The van der Waals surface area contributed by atoms with Crippen LogP contribution in [0.1, 0.15) is 77.6 Å². The van der Waals surface area contributed by atoms with Gasteiger partial charge in [0.25, 0.3) is 5.91 Å². The number of carbonyl (C=O) groups is 2. The van der Waals surface area contributed by atoms with Gasteiger partial charge in [0, 0.05) is 11.3 Å². The predicted octanol–water partition coefficient (Wildman–Crippen LogP) is 8.30. The van der Waals surface area contributed by atoms with Crippen LogP contribution in [0.2, 0.25) is 0 Å². The van der Waals surface area contributed by atoms with Gasteiger partial charge in [-0.3, -0.25) is 20.7 Å². The minimum Gasteiger partial charge on any atom is -0.314 e. The molecule has 13 heteroatoms. The van der Waals surface area contributed by atoms with Crippen molar-refractivity contribution in [3.63, 3.8) is 0 Å². The van der Waals surface area contributed by atoms with E-state index in [-0.39, 0.29) is 17.2 Å². The van der Waals surface area contributed by atoms with Gasteiger partial charge < -0.3 is 5.32 Å². The van der Waals surface area contributed by atoms with E-state index in [2.05, 4.69) is 20.7 Å². The average Bonchev–Trinajstić information content (AvgIpc) is 3.43. The molecule has 5 N–H and O–H groups in total. The molecule has 1 saturated carbocycles. The van der Waals surface area contributed by atoms with E-state index in [1.54, 1.807) is 31.2 Å². The van der Waals surface area contributed by atoms with E-state index in [1.165, 1.54) is 36.6 Å². The highest BCUT2D eigenvalue weighted by atomic mass is 32.1. The topological polar surface area (TPSA) is 137 Å². The molecule has 4 aromatic rings. The molecule has 0 bridgehead atoms. The molecule has 5 rings (SSSR count). The normalized spacial score (nSPS) is 15.3. The summed E-state index contributed by atoms with van der Waals surface area (Å²) >= 11 is 1.11. The van der Waals surface area contributed by atoms with Crippen LogP contribution in [0.25, 0.3) is 10.2 Å². The minimum atomic E-state index is -4.51. The third kappa shape index (κ3) is 7.66. The lowest BCUT2D eigenvalue weighted by Crippen LogP contribution is -2.51. The van der Waals surface area contributed by atoms with E-state index in [0.29, 0.717) is 33.0 Å². The number of fused-ring (bicyclic) bond motifs is 1. The summed E-state index contributed by atoms with van der Waals surface area (Å²) in [6, 6.07) is 16.0. The first-order valence-corrected chi connectivity index (χ1v) is 15.4. The standard InChI is InChI=1S/C32H34F3N7O2S/c1-19-16-24(32(33,34)35)17-26-27(19)45-29(38-26)39-30(44)42(25-14-12-22(13-15-25)21-6-4-3-5-7-21)18-20-8-10-23(11-9-20)28(43)40-31(2,36)41-37/h8-17,21,37H,3-7,18,36H2,1-2H3,(H,40,43)(H,38,39,44). The quantitative estimate of drug-likeness (QED) is 0.114. The van der Waals surface area contributed by atoms with Gasteiger partial charge in [-0.15, -0.1) is 0 Å². The first-order valence-electron chi connectivity index (χ1n) is 14.6. The van der Waals surface area contributed by atoms with Gasteiger partial charge in [-0.1, -0.05) is 54.9 Å². The molecule has 1 aromatic heterocycles. The van der Waals surface area contributed by atoms with Crippen molar-refractivity contribution in [2.75, 3.05) is 10.2 Å². The number of nitrogens with one attached hydrogen (secondary N) is 3. The van der Waals surface area contributed by atoms with Gasteiger partial charge in [-0.05, 0) is 85.7 Å². The van der Waals surface area contributed by atoms with Crippen molar-refractivity contribution < 1.29 is 22.8 Å². The third-order valence-corrected chi connectivity index (χ3v) is 9.02. The van der Waals surface area contributed by atoms with Crippen LogP contribution in [0.3, 0.4) is 0 Å². The zero-order chi connectivity index (χ0) is 32.4. The first kappa shape index (κ1) is 32.0. The van der Waals surface area contributed by atoms with Crippen molar-refractivity contribution in [1.29, 1.82) is 5.53 Å². The fourth-order valence-corrected chi connectivity index (χ4v) is 6.40. The van der Waals surface area contributed by atoms with E-state index in [1.807, 2.05) is 24.3 Å². The molecule has 1 aliphatic rings. The Morgan fingerprint density at radius 2 is 1.73 bits per heavy atom. The largest absolute Gasteiger partial charge is 0.416 e. The molecule has 9 nitrogen and oxygen atoms in total. The van der Waals surface area contributed by atoms with E-state index in [9.17, 15) is 22.8 Å². The summed E-state index contributed by atoms with van der Waals surface area (Å²) < 4.78 is 40.7. The molecule has 0 saturated heterocycles. The number of urea groups is 1. The second-order valence-corrected chi connectivity index (χ2v) is 12.5. The number of nitrogens with zero attached hydrogens (tertiary/aromatic N) is 3. The van der Waals surface area contributed by atoms with Gasteiger partial charge in [-0.2, -0.15) is 18.3 Å². The predicted molar refractivity (Wildman–Crippen MR) is 168 cm³/mol. The van der Waals surface area contributed by atoms with Crippen molar-refractivity contribution >= 4 is 44.3 Å². The summed E-state index contributed by atoms with van der Waals surface area (Å²) in [5, 5.41) is 8.61. The zero-order valence-electron chi connectivity index (χ0n) is 24.9. The summed E-state index contributed by atoms with van der Waals surface area (Å²) in [5.41, 5.74) is 15.5. The summed E-state index contributed by atoms with van der Waals surface area (Å²) in [7, 11) is 0. The number of rotatable bonds is 8. The van der Waals surface area contributed by atoms with Gasteiger partial charge in [0.15, 0.2) is 5.13 Å². The number of benzene rings is 3. The van der Waals surface area contributed by atoms with Crippen molar-refractivity contribution in [2.24, 2.45) is 10.8 Å². The molecule has 0 spiro atoms. The van der Waals surface area contributed by atoms with Crippen molar-refractivity contribution in [3.8, 4) is 0 Å². The molecule has 45 heavy (non-hydrogen) atoms. The van der Waals surface area contributed by atoms with Gasteiger partial charge in [0.1, 0.15) is 0 Å². The molecular weight excluding hydrogens is 603 g/mol. The summed E-state index contributed by atoms with van der Waals surface area (Å²) in [6.07, 6.45) is 1.40. The van der Waals surface area contributed by atoms with Gasteiger partial charge in [-0.25, -0.2) is 15.3 Å². The maximum absolute atomic E-state index is 13.8. The Kier molecular flexibility index (Phi) is 9.21. The number of carbonyl (C=O) groups excluding carboxylic acids is 2. The zero-order valence-corrected chi connectivity index (χ0v) is 25.7. The number of halogens is 3. The highest BCUT2D eigenvalue weighted by molar-refractivity contribution is 7.22. The Balaban J connectivity index is 1.41. The molecule has 0 aliphatic heterocycles. The number of thiazole rings is 1. The Bertz CT molecular complexity index is 1700. The molecule has 236 valence electrons. The van der Waals surface area contributed by atoms with Crippen LogP contribution >= 0.6 is 11.3 Å². The van der Waals surface area contributed by atoms with Gasteiger partial charge in [0.2, 0.25) is 5.79 Å². The fourth-order valence-electron chi connectivity index (χ4n) is 5.49. The monoisotopic (exact) mass is 637 g/mol. The summed E-state index contributed by atoms with van der Waals surface area (Å²) in [6.45, 7) is 3.11. The van der Waals surface area contributed by atoms with E-state index >= 15 is 0 Å².